The highest BCUT2D eigenvalue weighted by Gasteiger charge is 2.32. The molecule has 1 amide bonds. The van der Waals surface area contributed by atoms with E-state index in [4.69, 9.17) is 21.3 Å². The molecule has 0 spiro atoms. The first kappa shape index (κ1) is 28.3. The van der Waals surface area contributed by atoms with Crippen molar-refractivity contribution in [2.75, 3.05) is 62.7 Å². The van der Waals surface area contributed by atoms with E-state index in [1.54, 1.807) is 11.0 Å². The number of nitriles is 1. The fourth-order valence-corrected chi connectivity index (χ4v) is 6.76. The molecule has 8 nitrogen and oxygen atoms in total. The summed E-state index contributed by atoms with van der Waals surface area (Å²) in [5.41, 5.74) is 4.00. The Hall–Kier alpha value is -3.87. The molecule has 10 heteroatoms. The predicted octanol–water partition coefficient (Wildman–Crippen LogP) is 4.77. The van der Waals surface area contributed by atoms with Gasteiger partial charge in [-0.3, -0.25) is 4.79 Å². The molecule has 42 heavy (non-hydrogen) atoms. The molecule has 2 fully saturated rings. The minimum Gasteiger partial charge on any atom is -0.475 e. The van der Waals surface area contributed by atoms with E-state index >= 15 is 0 Å². The number of halogens is 2. The number of anilines is 2. The van der Waals surface area contributed by atoms with Gasteiger partial charge < -0.3 is 24.3 Å². The third-order valence-corrected chi connectivity index (χ3v) is 9.19. The Morgan fingerprint density at radius 2 is 2.00 bits per heavy atom. The molecule has 0 N–H and O–H groups in total. The second-order valence-corrected chi connectivity index (χ2v) is 11.6. The molecule has 0 bridgehead atoms. The lowest BCUT2D eigenvalue weighted by molar-refractivity contribution is -0.126. The second kappa shape index (κ2) is 11.8. The monoisotopic (exact) mass is 588 g/mol. The van der Waals surface area contributed by atoms with Crippen molar-refractivity contribution < 1.29 is 13.9 Å². The highest BCUT2D eigenvalue weighted by atomic mass is 35.5. The molecule has 4 heterocycles. The van der Waals surface area contributed by atoms with Gasteiger partial charge in [-0.05, 0) is 56.4 Å². The largest absolute Gasteiger partial charge is 0.475 e. The summed E-state index contributed by atoms with van der Waals surface area (Å²) in [6, 6.07) is 11.7. The minimum atomic E-state index is -0.449. The number of carbonyl (C=O) groups is 1. The van der Waals surface area contributed by atoms with Gasteiger partial charge in [0.25, 0.3) is 0 Å². The summed E-state index contributed by atoms with van der Waals surface area (Å²) in [7, 11) is 2.10. The number of nitrogens with zero attached hydrogens (tertiary/aromatic N) is 6. The van der Waals surface area contributed by atoms with Crippen LogP contribution in [0.2, 0.25) is 5.02 Å². The van der Waals surface area contributed by atoms with Crippen LogP contribution < -0.4 is 14.5 Å². The van der Waals surface area contributed by atoms with Crippen molar-refractivity contribution in [1.29, 1.82) is 5.26 Å². The van der Waals surface area contributed by atoms with E-state index in [0.717, 1.165) is 47.4 Å². The lowest BCUT2D eigenvalue weighted by atomic mass is 9.97. The number of ether oxygens (including phenoxy) is 1. The van der Waals surface area contributed by atoms with Gasteiger partial charge in [-0.25, -0.2) is 9.37 Å². The average molecular weight is 589 g/mol. The van der Waals surface area contributed by atoms with Gasteiger partial charge in [-0.2, -0.15) is 5.26 Å². The van der Waals surface area contributed by atoms with Crippen LogP contribution in [0.1, 0.15) is 29.7 Å². The van der Waals surface area contributed by atoms with Gasteiger partial charge in [-0.1, -0.05) is 36.4 Å². The Balaban J connectivity index is 1.38. The van der Waals surface area contributed by atoms with Crippen molar-refractivity contribution in [3.8, 4) is 11.9 Å². The van der Waals surface area contributed by atoms with Crippen molar-refractivity contribution in [2.45, 2.75) is 31.8 Å². The molecular formula is C32H34ClFN6O2. The topological polar surface area (TPSA) is 75.9 Å². The van der Waals surface area contributed by atoms with Gasteiger partial charge in [0.1, 0.15) is 24.1 Å². The fourth-order valence-electron chi connectivity index (χ4n) is 6.49. The summed E-state index contributed by atoms with van der Waals surface area (Å²) in [5.74, 6) is -0.188. The summed E-state index contributed by atoms with van der Waals surface area (Å²) >= 11 is 6.48. The smallest absolute Gasteiger partial charge is 0.246 e. The van der Waals surface area contributed by atoms with Crippen LogP contribution in [-0.4, -0.2) is 79.7 Å². The number of hydrogen-bond acceptors (Lipinski definition) is 7. The van der Waals surface area contributed by atoms with Crippen LogP contribution in [0.3, 0.4) is 0 Å². The number of likely N-dealkylation sites (tertiary alicyclic amines) is 1. The highest BCUT2D eigenvalue weighted by molar-refractivity contribution is 6.36. The quantitative estimate of drug-likeness (QED) is 0.384. The van der Waals surface area contributed by atoms with Crippen LogP contribution in [-0.2, 0) is 17.8 Å². The molecule has 0 aliphatic carbocycles. The van der Waals surface area contributed by atoms with E-state index in [0.29, 0.717) is 69.1 Å². The van der Waals surface area contributed by atoms with Crippen molar-refractivity contribution in [2.24, 2.45) is 0 Å². The molecule has 1 atom stereocenters. The molecule has 2 aromatic carbocycles. The van der Waals surface area contributed by atoms with Gasteiger partial charge in [0.05, 0.1) is 22.9 Å². The first-order valence-corrected chi connectivity index (χ1v) is 14.8. The van der Waals surface area contributed by atoms with Crippen LogP contribution in [0, 0.1) is 17.1 Å². The molecule has 1 aromatic heterocycles. The Labute approximate surface area is 250 Å². The van der Waals surface area contributed by atoms with Crippen LogP contribution >= 0.6 is 11.6 Å². The van der Waals surface area contributed by atoms with E-state index in [2.05, 4.69) is 34.4 Å². The van der Waals surface area contributed by atoms with Crippen LogP contribution in [0.25, 0.3) is 10.8 Å². The Bertz CT molecular complexity index is 1580. The Morgan fingerprint density at radius 1 is 1.19 bits per heavy atom. The molecule has 2 saturated heterocycles. The van der Waals surface area contributed by atoms with Crippen LogP contribution in [0.4, 0.5) is 15.8 Å². The van der Waals surface area contributed by atoms with Crippen LogP contribution in [0.15, 0.2) is 43.0 Å². The van der Waals surface area contributed by atoms with Crippen molar-refractivity contribution >= 4 is 39.7 Å². The predicted molar refractivity (Wildman–Crippen MR) is 163 cm³/mol. The Morgan fingerprint density at radius 3 is 2.71 bits per heavy atom. The van der Waals surface area contributed by atoms with Crippen molar-refractivity contribution in [3.63, 3.8) is 0 Å². The third kappa shape index (κ3) is 5.14. The number of aromatic nitrogens is 1. The zero-order valence-corrected chi connectivity index (χ0v) is 24.5. The molecule has 0 unspecified atom stereocenters. The molecule has 3 aliphatic heterocycles. The number of rotatable bonds is 6. The van der Waals surface area contributed by atoms with Crippen LogP contribution in [0.5, 0.6) is 5.88 Å². The van der Waals surface area contributed by atoms with E-state index in [9.17, 15) is 14.4 Å². The number of fused-ring (bicyclic) bond motifs is 2. The number of hydrogen-bond donors (Lipinski definition) is 0. The summed E-state index contributed by atoms with van der Waals surface area (Å²) in [6.07, 6.45) is 4.15. The average Bonchev–Trinajstić information content (AvgIpc) is 3.44. The molecule has 218 valence electrons. The molecule has 0 radical (unpaired) electrons. The fraction of sp³-hybridized carbons (Fsp3) is 0.406. The second-order valence-electron chi connectivity index (χ2n) is 11.2. The molecule has 3 aliphatic rings. The zero-order chi connectivity index (χ0) is 29.4. The number of pyridine rings is 1. The van der Waals surface area contributed by atoms with E-state index < -0.39 is 5.82 Å². The highest BCUT2D eigenvalue weighted by Crippen LogP contribution is 2.40. The molecular weight excluding hydrogens is 555 g/mol. The zero-order valence-electron chi connectivity index (χ0n) is 23.8. The van der Waals surface area contributed by atoms with Crippen molar-refractivity contribution in [1.82, 2.24) is 14.8 Å². The molecule has 3 aromatic rings. The third-order valence-electron chi connectivity index (χ3n) is 8.83. The maximum absolute atomic E-state index is 14.5. The number of likely N-dealkylation sites (N-methyl/N-ethyl adjacent to an activating group) is 1. The lowest BCUT2D eigenvalue weighted by Gasteiger charge is -2.39. The summed E-state index contributed by atoms with van der Waals surface area (Å²) in [4.78, 5) is 25.6. The molecule has 6 rings (SSSR count). The minimum absolute atomic E-state index is 0.0857. The van der Waals surface area contributed by atoms with Gasteiger partial charge in [0.15, 0.2) is 0 Å². The number of piperazine rings is 1. The van der Waals surface area contributed by atoms with E-state index in [1.165, 1.54) is 12.1 Å². The van der Waals surface area contributed by atoms with E-state index in [1.807, 2.05) is 18.2 Å². The van der Waals surface area contributed by atoms with Gasteiger partial charge in [-0.15, -0.1) is 0 Å². The SMILES string of the molecule is C=CC(=O)N1CCN(c2c(C#N)c(OC[C@@H]3CCCN3C)nc3c2CCN(c2cccc4ccc(F)c(Cl)c24)C3)CC1. The summed E-state index contributed by atoms with van der Waals surface area (Å²) in [6.45, 7) is 8.50. The van der Waals surface area contributed by atoms with Gasteiger partial charge in [0.2, 0.25) is 11.8 Å². The number of benzene rings is 2. The summed E-state index contributed by atoms with van der Waals surface area (Å²) in [5, 5.41) is 12.1. The van der Waals surface area contributed by atoms with Crippen molar-refractivity contribution in [3.05, 3.63) is 70.6 Å². The number of carbonyl (C=O) groups excluding carboxylic acids is 1. The standard InChI is InChI=1S/C32H34ClFN6O2/c1-3-28(41)38-14-16-39(17-15-38)31-23-11-13-40(27-8-4-6-21-9-10-25(34)30(33)29(21)27)19-26(23)36-32(24(31)18-35)42-20-22-7-5-12-37(22)2/h3-4,6,8-10,22H,1,5,7,11-17,19-20H2,2H3/t22-/m0/s1. The first-order valence-electron chi connectivity index (χ1n) is 14.5. The number of amides is 1. The summed E-state index contributed by atoms with van der Waals surface area (Å²) < 4.78 is 20.9. The lowest BCUT2D eigenvalue weighted by Crippen LogP contribution is -2.49. The normalized spacial score (nSPS) is 19.1. The first-order chi connectivity index (χ1) is 20.4. The van der Waals surface area contributed by atoms with Gasteiger partial charge in [0, 0.05) is 55.4 Å². The van der Waals surface area contributed by atoms with Gasteiger partial charge >= 0.3 is 0 Å². The Kier molecular flexibility index (Phi) is 7.93. The van der Waals surface area contributed by atoms with E-state index in [-0.39, 0.29) is 17.0 Å². The molecule has 0 saturated carbocycles. The maximum Gasteiger partial charge on any atom is 0.246 e. The maximum atomic E-state index is 14.5.